The standard InChI is InChI=1S/C13H18N2O4/c1-8-6-9(4-5-10(8)11(16)17)7-13(2,15-14)12(18)19-3/h4-6,15H,7,14H2,1-3H3,(H,16,17). The number of nitrogens with one attached hydrogen (secondary N) is 1. The minimum atomic E-state index is -1.05. The maximum atomic E-state index is 11.7. The Morgan fingerprint density at radius 1 is 1.47 bits per heavy atom. The zero-order valence-corrected chi connectivity index (χ0v) is 11.2. The molecule has 0 fully saturated rings. The van der Waals surface area contributed by atoms with Gasteiger partial charge in [-0.3, -0.25) is 10.6 Å². The van der Waals surface area contributed by atoms with Gasteiger partial charge in [0.05, 0.1) is 12.7 Å². The minimum absolute atomic E-state index is 0.240. The third-order valence-corrected chi connectivity index (χ3v) is 3.03. The van der Waals surface area contributed by atoms with Crippen LogP contribution in [0.3, 0.4) is 0 Å². The molecule has 0 aliphatic rings. The van der Waals surface area contributed by atoms with E-state index >= 15 is 0 Å². The summed E-state index contributed by atoms with van der Waals surface area (Å²) in [6.45, 7) is 3.33. The Kier molecular flexibility index (Phi) is 4.63. The first-order valence-corrected chi connectivity index (χ1v) is 5.73. The van der Waals surface area contributed by atoms with E-state index in [1.807, 2.05) is 0 Å². The van der Waals surface area contributed by atoms with Crippen LogP contribution in [0.5, 0.6) is 0 Å². The van der Waals surface area contributed by atoms with Crippen LogP contribution >= 0.6 is 0 Å². The molecule has 0 heterocycles. The van der Waals surface area contributed by atoms with Crippen LogP contribution in [0, 0.1) is 6.92 Å². The van der Waals surface area contributed by atoms with Gasteiger partial charge in [-0.1, -0.05) is 12.1 Å². The molecule has 104 valence electrons. The first kappa shape index (κ1) is 15.1. The zero-order chi connectivity index (χ0) is 14.6. The molecule has 0 radical (unpaired) electrons. The van der Waals surface area contributed by atoms with Crippen LogP contribution < -0.4 is 11.3 Å². The Labute approximate surface area is 111 Å². The number of hydrogen-bond acceptors (Lipinski definition) is 5. The Hall–Kier alpha value is -1.92. The van der Waals surface area contributed by atoms with Crippen LogP contribution in [0.2, 0.25) is 0 Å². The van der Waals surface area contributed by atoms with Gasteiger partial charge in [-0.15, -0.1) is 0 Å². The van der Waals surface area contributed by atoms with Gasteiger partial charge in [-0.2, -0.15) is 0 Å². The number of aromatic carboxylic acids is 1. The van der Waals surface area contributed by atoms with E-state index < -0.39 is 17.5 Å². The fraction of sp³-hybridized carbons (Fsp3) is 0.385. The van der Waals surface area contributed by atoms with Crippen molar-refractivity contribution in [3.8, 4) is 0 Å². The smallest absolute Gasteiger partial charge is 0.335 e. The maximum absolute atomic E-state index is 11.7. The molecule has 1 aromatic rings. The molecule has 1 aromatic carbocycles. The normalized spacial score (nSPS) is 13.7. The summed E-state index contributed by atoms with van der Waals surface area (Å²) in [4.78, 5) is 22.6. The predicted octanol–water partition coefficient (Wildman–Crippen LogP) is 0.631. The molecule has 0 bridgehead atoms. The second-order valence-electron chi connectivity index (χ2n) is 4.60. The van der Waals surface area contributed by atoms with Crippen molar-refractivity contribution < 1.29 is 19.4 Å². The summed E-state index contributed by atoms with van der Waals surface area (Å²) in [7, 11) is 1.29. The highest BCUT2D eigenvalue weighted by molar-refractivity contribution is 5.89. The predicted molar refractivity (Wildman–Crippen MR) is 69.6 cm³/mol. The van der Waals surface area contributed by atoms with E-state index in [1.165, 1.54) is 13.2 Å². The number of hydrazine groups is 1. The molecule has 6 nitrogen and oxygen atoms in total. The Balaban J connectivity index is 3.02. The molecule has 6 heteroatoms. The SMILES string of the molecule is COC(=O)C(C)(Cc1ccc(C(=O)O)c(C)c1)NN. The lowest BCUT2D eigenvalue weighted by atomic mass is 9.92. The number of ether oxygens (including phenoxy) is 1. The third kappa shape index (κ3) is 3.30. The minimum Gasteiger partial charge on any atom is -0.478 e. The van der Waals surface area contributed by atoms with Crippen LogP contribution in [0.1, 0.15) is 28.4 Å². The van der Waals surface area contributed by atoms with Crippen LogP contribution in [0.25, 0.3) is 0 Å². The van der Waals surface area contributed by atoms with Crippen LogP contribution in [0.15, 0.2) is 18.2 Å². The molecular weight excluding hydrogens is 248 g/mol. The van der Waals surface area contributed by atoms with Gasteiger partial charge in [-0.05, 0) is 31.0 Å². The molecule has 0 amide bonds. The lowest BCUT2D eigenvalue weighted by Crippen LogP contribution is -2.55. The van der Waals surface area contributed by atoms with E-state index in [4.69, 9.17) is 15.7 Å². The number of benzene rings is 1. The van der Waals surface area contributed by atoms with Gasteiger partial charge in [-0.25, -0.2) is 10.2 Å². The first-order chi connectivity index (χ1) is 8.84. The zero-order valence-electron chi connectivity index (χ0n) is 11.2. The quantitative estimate of drug-likeness (QED) is 0.410. The van der Waals surface area contributed by atoms with Crippen molar-refractivity contribution >= 4 is 11.9 Å². The van der Waals surface area contributed by atoms with Crippen LogP contribution in [0.4, 0.5) is 0 Å². The first-order valence-electron chi connectivity index (χ1n) is 5.73. The van der Waals surface area contributed by atoms with Crippen LogP contribution in [-0.4, -0.2) is 29.7 Å². The van der Waals surface area contributed by atoms with Crippen molar-refractivity contribution in [1.29, 1.82) is 0 Å². The fourth-order valence-corrected chi connectivity index (χ4v) is 1.89. The summed E-state index contributed by atoms with van der Waals surface area (Å²) < 4.78 is 4.70. The molecule has 0 saturated carbocycles. The molecule has 4 N–H and O–H groups in total. The van der Waals surface area contributed by atoms with Crippen molar-refractivity contribution in [2.75, 3.05) is 7.11 Å². The molecular formula is C13H18N2O4. The highest BCUT2D eigenvalue weighted by Crippen LogP contribution is 2.17. The summed E-state index contributed by atoms with van der Waals surface area (Å²) in [6.07, 6.45) is 0.302. The molecule has 0 aliphatic heterocycles. The second-order valence-corrected chi connectivity index (χ2v) is 4.60. The van der Waals surface area contributed by atoms with E-state index in [-0.39, 0.29) is 5.56 Å². The molecule has 1 rings (SSSR count). The van der Waals surface area contributed by atoms with E-state index in [1.54, 1.807) is 26.0 Å². The number of carbonyl (C=O) groups is 2. The highest BCUT2D eigenvalue weighted by atomic mass is 16.5. The maximum Gasteiger partial charge on any atom is 0.335 e. The largest absolute Gasteiger partial charge is 0.478 e. The van der Waals surface area contributed by atoms with Gasteiger partial charge in [0.2, 0.25) is 0 Å². The van der Waals surface area contributed by atoms with E-state index in [2.05, 4.69) is 5.43 Å². The summed E-state index contributed by atoms with van der Waals surface area (Å²) in [5.41, 5.74) is 3.07. The van der Waals surface area contributed by atoms with Crippen molar-refractivity contribution in [3.63, 3.8) is 0 Å². The average molecular weight is 266 g/mol. The lowest BCUT2D eigenvalue weighted by molar-refractivity contribution is -0.147. The van der Waals surface area contributed by atoms with Crippen LogP contribution in [-0.2, 0) is 16.0 Å². The summed E-state index contributed by atoms with van der Waals surface area (Å²) in [6, 6.07) is 4.90. The average Bonchev–Trinajstić information content (AvgIpc) is 2.37. The second kappa shape index (κ2) is 5.81. The Morgan fingerprint density at radius 3 is 2.53 bits per heavy atom. The number of nitrogens with two attached hydrogens (primary N) is 1. The third-order valence-electron chi connectivity index (χ3n) is 3.03. The Bertz CT molecular complexity index is 501. The molecule has 0 saturated heterocycles. The van der Waals surface area contributed by atoms with Gasteiger partial charge in [0.1, 0.15) is 5.54 Å². The summed E-state index contributed by atoms with van der Waals surface area (Å²) >= 11 is 0. The van der Waals surface area contributed by atoms with E-state index in [0.717, 1.165) is 5.56 Å². The number of methoxy groups -OCH3 is 1. The Morgan fingerprint density at radius 2 is 2.11 bits per heavy atom. The number of carboxylic acid groups (broad SMARTS) is 1. The van der Waals surface area contributed by atoms with Crippen molar-refractivity contribution in [2.45, 2.75) is 25.8 Å². The van der Waals surface area contributed by atoms with Crippen molar-refractivity contribution in [1.82, 2.24) is 5.43 Å². The molecule has 19 heavy (non-hydrogen) atoms. The van der Waals surface area contributed by atoms with Gasteiger partial charge in [0.25, 0.3) is 0 Å². The molecule has 0 aromatic heterocycles. The number of hydrogen-bond donors (Lipinski definition) is 3. The summed E-state index contributed by atoms with van der Waals surface area (Å²) in [5.74, 6) is 3.95. The number of esters is 1. The van der Waals surface area contributed by atoms with Gasteiger partial charge in [0, 0.05) is 6.42 Å². The monoisotopic (exact) mass is 266 g/mol. The van der Waals surface area contributed by atoms with E-state index in [9.17, 15) is 9.59 Å². The number of aryl methyl sites for hydroxylation is 1. The fourth-order valence-electron chi connectivity index (χ4n) is 1.89. The van der Waals surface area contributed by atoms with Crippen molar-refractivity contribution in [2.24, 2.45) is 5.84 Å². The number of carboxylic acids is 1. The topological polar surface area (TPSA) is 102 Å². The number of rotatable bonds is 5. The van der Waals surface area contributed by atoms with Gasteiger partial charge in [0.15, 0.2) is 0 Å². The lowest BCUT2D eigenvalue weighted by Gasteiger charge is -2.25. The molecule has 0 aliphatic carbocycles. The van der Waals surface area contributed by atoms with Gasteiger partial charge >= 0.3 is 11.9 Å². The van der Waals surface area contributed by atoms with Crippen molar-refractivity contribution in [3.05, 3.63) is 34.9 Å². The molecule has 0 spiro atoms. The molecule has 1 atom stereocenters. The highest BCUT2D eigenvalue weighted by Gasteiger charge is 2.33. The number of carbonyl (C=O) groups excluding carboxylic acids is 1. The van der Waals surface area contributed by atoms with E-state index in [0.29, 0.717) is 12.0 Å². The molecule has 1 unspecified atom stereocenters. The van der Waals surface area contributed by atoms with Gasteiger partial charge < -0.3 is 9.84 Å². The summed E-state index contributed by atoms with van der Waals surface area (Å²) in [5, 5.41) is 8.96.